The van der Waals surface area contributed by atoms with Crippen molar-refractivity contribution in [2.24, 2.45) is 5.92 Å². The summed E-state index contributed by atoms with van der Waals surface area (Å²) in [5.41, 5.74) is 2.12. The van der Waals surface area contributed by atoms with E-state index >= 15 is 0 Å². The first-order valence-electron chi connectivity index (χ1n) is 9.11. The Balaban J connectivity index is 1.71. The lowest BCUT2D eigenvalue weighted by atomic mass is 9.53. The fourth-order valence-electron chi connectivity index (χ4n) is 5.48. The summed E-state index contributed by atoms with van der Waals surface area (Å²) < 4.78 is 17.4. The van der Waals surface area contributed by atoms with E-state index in [0.717, 1.165) is 24.9 Å². The Kier molecular flexibility index (Phi) is 3.26. The molecule has 5 atom stereocenters. The Morgan fingerprint density at radius 2 is 2.08 bits per heavy atom. The molecule has 2 aliphatic carbocycles. The minimum absolute atomic E-state index is 0.246. The normalized spacial score (nSPS) is 35.3. The van der Waals surface area contributed by atoms with Crippen molar-refractivity contribution >= 4 is 11.9 Å². The van der Waals surface area contributed by atoms with Crippen LogP contribution < -0.4 is 14.8 Å². The van der Waals surface area contributed by atoms with Crippen LogP contribution in [-0.4, -0.2) is 36.7 Å². The molecule has 2 aliphatic heterocycles. The molecule has 0 radical (unpaired) electrons. The Hall–Kier alpha value is -2.34. The first-order valence-corrected chi connectivity index (χ1v) is 9.11. The molecule has 2 heterocycles. The lowest BCUT2D eigenvalue weighted by Gasteiger charge is -2.54. The highest BCUT2D eigenvalue weighted by Gasteiger charge is 2.64. The summed E-state index contributed by atoms with van der Waals surface area (Å²) in [6.45, 7) is 3.69. The van der Waals surface area contributed by atoms with Crippen LogP contribution in [0.3, 0.4) is 0 Å². The van der Waals surface area contributed by atoms with E-state index in [4.69, 9.17) is 14.2 Å². The fraction of sp³-hybridized carbons (Fsp3) is 0.500. The first kappa shape index (κ1) is 15.9. The number of piperidine rings is 1. The van der Waals surface area contributed by atoms with Crippen molar-refractivity contribution in [1.29, 1.82) is 0 Å². The topological polar surface area (TPSA) is 73.9 Å². The largest absolute Gasteiger partial charge is 0.481 e. The van der Waals surface area contributed by atoms with Gasteiger partial charge in [-0.2, -0.15) is 0 Å². The van der Waals surface area contributed by atoms with Crippen LogP contribution in [0.4, 0.5) is 0 Å². The highest BCUT2D eigenvalue weighted by Crippen LogP contribution is 2.61. The molecule has 1 spiro atoms. The Bertz CT molecular complexity index is 847. The second-order valence-corrected chi connectivity index (χ2v) is 7.60. The quantitative estimate of drug-likeness (QED) is 0.494. The standard InChI is InChI=1S/C20H21NO5/c1-10(22)24-15-5-3-12-9-14-13-4-6-16(25-11(2)23)19-20(13,7-8-21-14)17(12)18(15)26-19/h3-6,13-14,16,19,21H,7-9H2,1-2H3/t13-,14?,16-,19-,20-/m0/s1. The number of rotatable bonds is 2. The number of hydrogen-bond donors (Lipinski definition) is 1. The summed E-state index contributed by atoms with van der Waals surface area (Å²) >= 11 is 0. The zero-order chi connectivity index (χ0) is 18.1. The van der Waals surface area contributed by atoms with Gasteiger partial charge >= 0.3 is 11.9 Å². The van der Waals surface area contributed by atoms with E-state index < -0.39 is 6.10 Å². The van der Waals surface area contributed by atoms with Crippen LogP contribution in [0, 0.1) is 5.92 Å². The van der Waals surface area contributed by atoms with Gasteiger partial charge in [-0.15, -0.1) is 0 Å². The van der Waals surface area contributed by atoms with Crippen LogP contribution in [0.1, 0.15) is 31.4 Å². The van der Waals surface area contributed by atoms with Gasteiger partial charge in [-0.1, -0.05) is 12.1 Å². The minimum Gasteiger partial charge on any atom is -0.481 e. The molecule has 2 bridgehead atoms. The molecule has 1 fully saturated rings. The minimum atomic E-state index is -0.439. The third kappa shape index (κ3) is 1.96. The van der Waals surface area contributed by atoms with Crippen molar-refractivity contribution < 1.29 is 23.8 Å². The lowest BCUT2D eigenvalue weighted by molar-refractivity contribution is -0.151. The first-order chi connectivity index (χ1) is 12.5. The summed E-state index contributed by atoms with van der Waals surface area (Å²) in [4.78, 5) is 23.2. The Morgan fingerprint density at radius 1 is 1.23 bits per heavy atom. The van der Waals surface area contributed by atoms with Gasteiger partial charge in [-0.05, 0) is 37.1 Å². The van der Waals surface area contributed by atoms with Crippen molar-refractivity contribution in [2.75, 3.05) is 6.54 Å². The highest BCUT2D eigenvalue weighted by atomic mass is 16.6. The van der Waals surface area contributed by atoms with Gasteiger partial charge in [0.05, 0.1) is 0 Å². The molecule has 4 aliphatic rings. The molecular weight excluding hydrogens is 334 g/mol. The van der Waals surface area contributed by atoms with Crippen molar-refractivity contribution in [2.45, 2.75) is 50.4 Å². The predicted octanol–water partition coefficient (Wildman–Crippen LogP) is 1.65. The molecule has 26 heavy (non-hydrogen) atoms. The van der Waals surface area contributed by atoms with E-state index in [2.05, 4.69) is 11.4 Å². The summed E-state index contributed by atoms with van der Waals surface area (Å²) in [6, 6.07) is 4.19. The van der Waals surface area contributed by atoms with E-state index in [0.29, 0.717) is 17.5 Å². The number of nitrogens with one attached hydrogen (secondary N) is 1. The van der Waals surface area contributed by atoms with E-state index in [9.17, 15) is 9.59 Å². The van der Waals surface area contributed by atoms with Crippen LogP contribution in [0.25, 0.3) is 0 Å². The molecule has 0 aromatic heterocycles. The fourth-order valence-corrected chi connectivity index (χ4v) is 5.48. The molecule has 1 unspecified atom stereocenters. The van der Waals surface area contributed by atoms with Gasteiger partial charge in [0.2, 0.25) is 0 Å². The molecule has 136 valence electrons. The maximum Gasteiger partial charge on any atom is 0.308 e. The number of ether oxygens (including phenoxy) is 3. The third-order valence-corrected chi connectivity index (χ3v) is 6.20. The molecule has 6 heteroatoms. The smallest absolute Gasteiger partial charge is 0.308 e. The molecule has 1 saturated heterocycles. The molecule has 6 nitrogen and oxygen atoms in total. The van der Waals surface area contributed by atoms with Crippen LogP contribution >= 0.6 is 0 Å². The van der Waals surface area contributed by atoms with Gasteiger partial charge < -0.3 is 19.5 Å². The van der Waals surface area contributed by atoms with Crippen molar-refractivity contribution in [1.82, 2.24) is 5.32 Å². The highest BCUT2D eigenvalue weighted by molar-refractivity contribution is 5.73. The van der Waals surface area contributed by atoms with Crippen LogP contribution in [-0.2, 0) is 26.2 Å². The maximum atomic E-state index is 11.6. The number of benzene rings is 1. The molecule has 0 amide bonds. The summed E-state index contributed by atoms with van der Waals surface area (Å²) in [5.74, 6) is 0.679. The van der Waals surface area contributed by atoms with Gasteiger partial charge in [0.15, 0.2) is 17.6 Å². The van der Waals surface area contributed by atoms with Crippen molar-refractivity contribution in [3.8, 4) is 11.5 Å². The molecular formula is C20H21NO5. The van der Waals surface area contributed by atoms with E-state index in [-0.39, 0.29) is 29.4 Å². The van der Waals surface area contributed by atoms with Gasteiger partial charge in [0.1, 0.15) is 6.10 Å². The van der Waals surface area contributed by atoms with E-state index in [1.165, 1.54) is 19.4 Å². The van der Waals surface area contributed by atoms with E-state index in [1.807, 2.05) is 18.2 Å². The monoisotopic (exact) mass is 355 g/mol. The maximum absolute atomic E-state index is 11.6. The zero-order valence-electron chi connectivity index (χ0n) is 14.8. The predicted molar refractivity (Wildman–Crippen MR) is 92.1 cm³/mol. The number of esters is 2. The summed E-state index contributed by atoms with van der Waals surface area (Å²) in [6.07, 6.45) is 5.21. The summed E-state index contributed by atoms with van der Waals surface area (Å²) in [7, 11) is 0. The Morgan fingerprint density at radius 3 is 2.85 bits per heavy atom. The third-order valence-electron chi connectivity index (χ3n) is 6.20. The average Bonchev–Trinajstić information content (AvgIpc) is 2.91. The molecule has 1 N–H and O–H groups in total. The Labute approximate surface area is 151 Å². The number of hydrogen-bond acceptors (Lipinski definition) is 6. The number of carbonyl (C=O) groups is 2. The van der Waals surface area contributed by atoms with Gasteiger partial charge in [-0.25, -0.2) is 0 Å². The van der Waals surface area contributed by atoms with Gasteiger partial charge in [0, 0.05) is 36.8 Å². The van der Waals surface area contributed by atoms with Crippen molar-refractivity contribution in [3.63, 3.8) is 0 Å². The van der Waals surface area contributed by atoms with Crippen LogP contribution in [0.5, 0.6) is 11.5 Å². The van der Waals surface area contributed by atoms with Crippen LogP contribution in [0.15, 0.2) is 24.3 Å². The lowest BCUT2D eigenvalue weighted by Crippen LogP contribution is -2.65. The van der Waals surface area contributed by atoms with Gasteiger partial charge in [0.25, 0.3) is 0 Å². The molecule has 5 rings (SSSR count). The zero-order valence-corrected chi connectivity index (χ0v) is 14.8. The second-order valence-electron chi connectivity index (χ2n) is 7.60. The second kappa shape index (κ2) is 5.33. The number of carbonyl (C=O) groups excluding carboxylic acids is 2. The molecule has 1 aromatic rings. The average molecular weight is 355 g/mol. The summed E-state index contributed by atoms with van der Waals surface area (Å²) in [5, 5.41) is 3.63. The van der Waals surface area contributed by atoms with E-state index in [1.54, 1.807) is 0 Å². The van der Waals surface area contributed by atoms with Gasteiger partial charge in [-0.3, -0.25) is 9.59 Å². The van der Waals surface area contributed by atoms with Crippen LogP contribution in [0.2, 0.25) is 0 Å². The van der Waals surface area contributed by atoms with Crippen molar-refractivity contribution in [3.05, 3.63) is 35.4 Å². The SMILES string of the molecule is CC(=O)Oc1ccc2c3c1O[C@H]1[C@@H](OC(C)=O)C=C[C@H]4C(C2)NCC[C@@]341. The molecule has 0 saturated carbocycles. The molecule has 1 aromatic carbocycles.